The molecular formula is C28H24ClFN4O2. The number of rotatable bonds is 6. The van der Waals surface area contributed by atoms with Crippen molar-refractivity contribution in [3.8, 4) is 11.8 Å². The summed E-state index contributed by atoms with van der Waals surface area (Å²) in [6.45, 7) is 7.27. The lowest BCUT2D eigenvalue weighted by Gasteiger charge is -2.35. The van der Waals surface area contributed by atoms with E-state index in [2.05, 4.69) is 38.6 Å². The van der Waals surface area contributed by atoms with Crippen molar-refractivity contribution in [2.24, 2.45) is 11.3 Å². The molecule has 2 aromatic carbocycles. The van der Waals surface area contributed by atoms with E-state index in [9.17, 15) is 9.18 Å². The second-order valence-corrected chi connectivity index (χ2v) is 10.2. The van der Waals surface area contributed by atoms with Gasteiger partial charge in [-0.3, -0.25) is 9.69 Å². The summed E-state index contributed by atoms with van der Waals surface area (Å²) in [6, 6.07) is 8.99. The van der Waals surface area contributed by atoms with Gasteiger partial charge in [-0.1, -0.05) is 36.1 Å². The summed E-state index contributed by atoms with van der Waals surface area (Å²) in [5.74, 6) is 7.28. The fourth-order valence-electron chi connectivity index (χ4n) is 5.12. The molecule has 3 heterocycles. The summed E-state index contributed by atoms with van der Waals surface area (Å²) in [7, 11) is 0. The first kappa shape index (κ1) is 23.1. The van der Waals surface area contributed by atoms with Crippen LogP contribution in [0.2, 0.25) is 5.02 Å². The highest BCUT2D eigenvalue weighted by Gasteiger charge is 2.60. The number of halogens is 2. The van der Waals surface area contributed by atoms with Crippen LogP contribution < -0.4 is 5.32 Å². The Balaban J connectivity index is 1.36. The van der Waals surface area contributed by atoms with Crippen molar-refractivity contribution in [2.75, 3.05) is 31.6 Å². The maximum atomic E-state index is 14.5. The highest BCUT2D eigenvalue weighted by Crippen LogP contribution is 2.58. The van der Waals surface area contributed by atoms with Crippen molar-refractivity contribution >= 4 is 39.8 Å². The first-order chi connectivity index (χ1) is 17.5. The van der Waals surface area contributed by atoms with Crippen LogP contribution in [0.25, 0.3) is 10.9 Å². The van der Waals surface area contributed by atoms with Gasteiger partial charge in [0.1, 0.15) is 12.1 Å². The number of carbonyl (C=O) groups excluding carboxylic acids is 1. The van der Waals surface area contributed by atoms with Gasteiger partial charge in [0, 0.05) is 35.9 Å². The number of ketones is 1. The molecule has 8 heteroatoms. The van der Waals surface area contributed by atoms with Gasteiger partial charge < -0.3 is 10.1 Å². The van der Waals surface area contributed by atoms with E-state index in [4.69, 9.17) is 16.3 Å². The Hall–Kier alpha value is -3.31. The van der Waals surface area contributed by atoms with Crippen LogP contribution in [0.15, 0.2) is 49.3 Å². The molecule has 0 radical (unpaired) electrons. The van der Waals surface area contributed by atoms with Crippen LogP contribution in [-0.2, 0) is 16.0 Å². The molecule has 2 unspecified atom stereocenters. The van der Waals surface area contributed by atoms with Crippen LogP contribution in [-0.4, -0.2) is 53.0 Å². The zero-order valence-corrected chi connectivity index (χ0v) is 20.3. The van der Waals surface area contributed by atoms with E-state index in [1.165, 1.54) is 18.5 Å². The van der Waals surface area contributed by atoms with Crippen LogP contribution in [0.5, 0.6) is 0 Å². The van der Waals surface area contributed by atoms with Gasteiger partial charge in [0.2, 0.25) is 0 Å². The first-order valence-electron chi connectivity index (χ1n) is 11.9. The Kier molecular flexibility index (Phi) is 5.76. The first-order valence-corrected chi connectivity index (χ1v) is 12.3. The molecule has 1 N–H and O–H groups in total. The lowest BCUT2D eigenvalue weighted by molar-refractivity contribution is -0.114. The van der Waals surface area contributed by atoms with E-state index >= 15 is 0 Å². The molecular weight excluding hydrogens is 479 g/mol. The molecule has 6 nitrogen and oxygen atoms in total. The summed E-state index contributed by atoms with van der Waals surface area (Å²) < 4.78 is 19.9. The number of carbonyl (C=O) groups is 1. The quantitative estimate of drug-likeness (QED) is 0.394. The number of piperidine rings is 1. The molecule has 3 aromatic rings. The Morgan fingerprint density at radius 2 is 2.22 bits per heavy atom. The SMILES string of the molecule is C=CC(=O)Cc1cc2c(Nc3cccc(Cl)c3F)ncnc2cc1C#CC12CC1CN(C1COC1)C2. The molecule has 2 aliphatic heterocycles. The standard InChI is InChI=1S/C28H24ClFN4O2/c1-2-21(35)8-18-9-22-25(31-16-32-27(22)33-24-5-3-4-23(29)26(24)30)10-17(18)6-7-28-11-19(28)12-34(15-28)20-13-36-14-20/h2-5,9-10,16,19-20H,1,8,11-15H2,(H,31,32,33). The van der Waals surface area contributed by atoms with Crippen molar-refractivity contribution in [2.45, 2.75) is 18.9 Å². The Labute approximate surface area is 213 Å². The highest BCUT2D eigenvalue weighted by atomic mass is 35.5. The molecule has 0 bridgehead atoms. The number of anilines is 2. The lowest BCUT2D eigenvalue weighted by atomic mass is 9.98. The monoisotopic (exact) mass is 502 g/mol. The van der Waals surface area contributed by atoms with Gasteiger partial charge in [0.25, 0.3) is 0 Å². The van der Waals surface area contributed by atoms with Crippen molar-refractivity contribution < 1.29 is 13.9 Å². The van der Waals surface area contributed by atoms with Crippen LogP contribution in [0.1, 0.15) is 17.5 Å². The summed E-state index contributed by atoms with van der Waals surface area (Å²) in [4.78, 5) is 23.6. The molecule has 3 fully saturated rings. The third-order valence-electron chi connectivity index (χ3n) is 7.41. The number of likely N-dealkylation sites (tertiary alicyclic amines) is 1. The predicted molar refractivity (Wildman–Crippen MR) is 137 cm³/mol. The molecule has 1 aromatic heterocycles. The number of hydrogen-bond donors (Lipinski definition) is 1. The van der Waals surface area contributed by atoms with Crippen LogP contribution in [0, 0.1) is 29.0 Å². The Morgan fingerprint density at radius 3 is 3.00 bits per heavy atom. The van der Waals surface area contributed by atoms with Crippen molar-refractivity contribution in [3.63, 3.8) is 0 Å². The average molecular weight is 503 g/mol. The Bertz CT molecular complexity index is 1460. The molecule has 0 amide bonds. The minimum Gasteiger partial charge on any atom is -0.378 e. The highest BCUT2D eigenvalue weighted by molar-refractivity contribution is 6.31. The second kappa shape index (κ2) is 8.97. The summed E-state index contributed by atoms with van der Waals surface area (Å²) in [5, 5.41) is 3.69. The number of nitrogens with one attached hydrogen (secondary N) is 1. The number of allylic oxidation sites excluding steroid dienone is 1. The largest absolute Gasteiger partial charge is 0.378 e. The molecule has 6 rings (SSSR count). The van der Waals surface area contributed by atoms with Crippen molar-refractivity contribution in [3.05, 3.63) is 71.3 Å². The lowest BCUT2D eigenvalue weighted by Crippen LogP contribution is -2.49. The minimum absolute atomic E-state index is 0.0151. The number of benzene rings is 2. The molecule has 2 atom stereocenters. The number of nitrogens with zero attached hydrogens (tertiary/aromatic N) is 3. The number of aromatic nitrogens is 2. The van der Waals surface area contributed by atoms with Crippen molar-refractivity contribution in [1.29, 1.82) is 0 Å². The van der Waals surface area contributed by atoms with E-state index in [-0.39, 0.29) is 28.3 Å². The van der Waals surface area contributed by atoms with E-state index in [1.54, 1.807) is 12.1 Å². The molecule has 1 aliphatic carbocycles. The normalized spacial score (nSPS) is 22.9. The summed E-state index contributed by atoms with van der Waals surface area (Å²) >= 11 is 5.94. The van der Waals surface area contributed by atoms with Gasteiger partial charge in [0.05, 0.1) is 35.5 Å². The van der Waals surface area contributed by atoms with E-state index in [0.717, 1.165) is 43.9 Å². The van der Waals surface area contributed by atoms with Gasteiger partial charge >= 0.3 is 0 Å². The third kappa shape index (κ3) is 4.16. The van der Waals surface area contributed by atoms with Crippen LogP contribution >= 0.6 is 11.6 Å². The number of ether oxygens (including phenoxy) is 1. The maximum absolute atomic E-state index is 14.5. The van der Waals surface area contributed by atoms with Crippen LogP contribution in [0.4, 0.5) is 15.9 Å². The van der Waals surface area contributed by atoms with Gasteiger partial charge in [-0.2, -0.15) is 0 Å². The average Bonchev–Trinajstić information content (AvgIpc) is 3.39. The minimum atomic E-state index is -0.562. The van der Waals surface area contributed by atoms with Gasteiger partial charge in [-0.05, 0) is 48.2 Å². The number of hydrogen-bond acceptors (Lipinski definition) is 6. The molecule has 1 saturated carbocycles. The Morgan fingerprint density at radius 1 is 1.36 bits per heavy atom. The molecule has 3 aliphatic rings. The number of fused-ring (bicyclic) bond motifs is 2. The summed E-state index contributed by atoms with van der Waals surface area (Å²) in [6.07, 6.45) is 4.00. The molecule has 0 spiro atoms. The zero-order valence-electron chi connectivity index (χ0n) is 19.6. The second-order valence-electron chi connectivity index (χ2n) is 9.75. The van der Waals surface area contributed by atoms with Gasteiger partial charge in [-0.15, -0.1) is 0 Å². The van der Waals surface area contributed by atoms with E-state index in [0.29, 0.717) is 28.7 Å². The fraction of sp³-hybridized carbons (Fsp3) is 0.321. The molecule has 2 saturated heterocycles. The topological polar surface area (TPSA) is 67.4 Å². The van der Waals surface area contributed by atoms with Crippen LogP contribution in [0.3, 0.4) is 0 Å². The van der Waals surface area contributed by atoms with E-state index in [1.807, 2.05) is 12.1 Å². The van der Waals surface area contributed by atoms with Crippen molar-refractivity contribution in [1.82, 2.24) is 14.9 Å². The molecule has 182 valence electrons. The maximum Gasteiger partial charge on any atom is 0.165 e. The van der Waals surface area contributed by atoms with Gasteiger partial charge in [0.15, 0.2) is 11.6 Å². The van der Waals surface area contributed by atoms with E-state index < -0.39 is 5.82 Å². The fourth-order valence-corrected chi connectivity index (χ4v) is 5.29. The zero-order chi connectivity index (χ0) is 24.9. The summed E-state index contributed by atoms with van der Waals surface area (Å²) in [5.41, 5.74) is 2.41. The predicted octanol–water partition coefficient (Wildman–Crippen LogP) is 4.54. The smallest absolute Gasteiger partial charge is 0.165 e. The van der Waals surface area contributed by atoms with Gasteiger partial charge in [-0.25, -0.2) is 14.4 Å². The third-order valence-corrected chi connectivity index (χ3v) is 7.70. The molecule has 36 heavy (non-hydrogen) atoms.